The molecular formula is C24H37N3O2. The Hall–Kier alpha value is -1.88. The average Bonchev–Trinajstić information content (AvgIpc) is 3.20. The van der Waals surface area contributed by atoms with E-state index in [0.717, 1.165) is 37.4 Å². The predicted molar refractivity (Wildman–Crippen MR) is 117 cm³/mol. The van der Waals surface area contributed by atoms with Gasteiger partial charge >= 0.3 is 0 Å². The maximum absolute atomic E-state index is 12.9. The first-order valence-electron chi connectivity index (χ1n) is 11.3. The Bertz CT molecular complexity index is 672. The highest BCUT2D eigenvalue weighted by Gasteiger charge is 2.29. The Labute approximate surface area is 175 Å². The van der Waals surface area contributed by atoms with E-state index in [0.29, 0.717) is 5.56 Å². The number of nitrogens with one attached hydrogen (secondary N) is 2. The normalized spacial score (nSPS) is 20.0. The molecule has 0 bridgehead atoms. The quantitative estimate of drug-likeness (QED) is 0.737. The molecule has 0 aromatic heterocycles. The topological polar surface area (TPSA) is 61.4 Å². The van der Waals surface area contributed by atoms with Gasteiger partial charge in [0.15, 0.2) is 0 Å². The van der Waals surface area contributed by atoms with Gasteiger partial charge in [-0.1, -0.05) is 44.4 Å². The van der Waals surface area contributed by atoms with E-state index in [4.69, 9.17) is 0 Å². The van der Waals surface area contributed by atoms with Crippen LogP contribution in [0.5, 0.6) is 0 Å². The van der Waals surface area contributed by atoms with Gasteiger partial charge in [-0.05, 0) is 56.6 Å². The molecule has 1 saturated heterocycles. The number of carbonyl (C=O) groups excluding carboxylic acids is 2. The van der Waals surface area contributed by atoms with E-state index in [1.807, 2.05) is 32.9 Å². The zero-order valence-corrected chi connectivity index (χ0v) is 18.2. The molecule has 1 aliphatic carbocycles. The van der Waals surface area contributed by atoms with Gasteiger partial charge in [-0.15, -0.1) is 0 Å². The number of nitrogens with zero attached hydrogens (tertiary/aromatic N) is 1. The van der Waals surface area contributed by atoms with E-state index >= 15 is 0 Å². The van der Waals surface area contributed by atoms with E-state index in [-0.39, 0.29) is 23.8 Å². The van der Waals surface area contributed by atoms with Gasteiger partial charge in [-0.25, -0.2) is 0 Å². The van der Waals surface area contributed by atoms with Gasteiger partial charge in [0.2, 0.25) is 5.91 Å². The fourth-order valence-corrected chi connectivity index (χ4v) is 4.57. The summed E-state index contributed by atoms with van der Waals surface area (Å²) in [6.45, 7) is 9.29. The highest BCUT2D eigenvalue weighted by atomic mass is 16.2. The first kappa shape index (κ1) is 21.8. The minimum atomic E-state index is -0.514. The molecule has 1 aromatic carbocycles. The molecule has 0 spiro atoms. The van der Waals surface area contributed by atoms with Crippen LogP contribution in [0.1, 0.15) is 68.3 Å². The SMILES string of the molecule is Cc1ccc(C(=O)NC(C(=O)NC2CCN(CC3CCCC3)CC2)C(C)C)cc1. The second-order valence-electron chi connectivity index (χ2n) is 9.30. The van der Waals surface area contributed by atoms with Crippen LogP contribution in [-0.4, -0.2) is 48.4 Å². The third kappa shape index (κ3) is 6.30. The van der Waals surface area contributed by atoms with Gasteiger partial charge in [0.05, 0.1) is 0 Å². The third-order valence-corrected chi connectivity index (χ3v) is 6.47. The summed E-state index contributed by atoms with van der Waals surface area (Å²) in [5.41, 5.74) is 1.70. The molecule has 3 rings (SSSR count). The Morgan fingerprint density at radius 2 is 1.66 bits per heavy atom. The van der Waals surface area contributed by atoms with Crippen LogP contribution in [0.2, 0.25) is 0 Å². The second-order valence-corrected chi connectivity index (χ2v) is 9.30. The van der Waals surface area contributed by atoms with Crippen molar-refractivity contribution in [2.75, 3.05) is 19.6 Å². The summed E-state index contributed by atoms with van der Waals surface area (Å²) in [5, 5.41) is 6.14. The van der Waals surface area contributed by atoms with Crippen molar-refractivity contribution in [2.45, 2.75) is 71.4 Å². The molecule has 1 heterocycles. The van der Waals surface area contributed by atoms with E-state index in [2.05, 4.69) is 15.5 Å². The summed E-state index contributed by atoms with van der Waals surface area (Å²) in [7, 11) is 0. The van der Waals surface area contributed by atoms with Crippen molar-refractivity contribution >= 4 is 11.8 Å². The van der Waals surface area contributed by atoms with Crippen LogP contribution in [0.15, 0.2) is 24.3 Å². The number of benzene rings is 1. The fraction of sp³-hybridized carbons (Fsp3) is 0.667. The maximum Gasteiger partial charge on any atom is 0.251 e. The number of likely N-dealkylation sites (tertiary alicyclic amines) is 1. The molecule has 1 aliphatic heterocycles. The molecule has 29 heavy (non-hydrogen) atoms. The van der Waals surface area contributed by atoms with Gasteiger partial charge in [0, 0.05) is 31.2 Å². The molecule has 1 atom stereocenters. The summed E-state index contributed by atoms with van der Waals surface area (Å²) in [5.74, 6) is 0.662. The summed E-state index contributed by atoms with van der Waals surface area (Å²) >= 11 is 0. The van der Waals surface area contributed by atoms with E-state index in [1.165, 1.54) is 32.2 Å². The van der Waals surface area contributed by atoms with Crippen molar-refractivity contribution in [3.05, 3.63) is 35.4 Å². The van der Waals surface area contributed by atoms with Crippen LogP contribution in [-0.2, 0) is 4.79 Å². The Morgan fingerprint density at radius 3 is 2.24 bits per heavy atom. The number of hydrogen-bond donors (Lipinski definition) is 2. The minimum absolute atomic E-state index is 0.0341. The smallest absolute Gasteiger partial charge is 0.251 e. The number of rotatable bonds is 7. The first-order chi connectivity index (χ1) is 13.9. The van der Waals surface area contributed by atoms with E-state index in [9.17, 15) is 9.59 Å². The lowest BCUT2D eigenvalue weighted by Crippen LogP contribution is -2.54. The highest BCUT2D eigenvalue weighted by Crippen LogP contribution is 2.26. The number of amides is 2. The zero-order chi connectivity index (χ0) is 20.8. The number of hydrogen-bond acceptors (Lipinski definition) is 3. The standard InChI is InChI=1S/C24H37N3O2/c1-17(2)22(26-23(28)20-10-8-18(3)9-11-20)24(29)25-21-12-14-27(15-13-21)16-19-6-4-5-7-19/h8-11,17,19,21-22H,4-7,12-16H2,1-3H3,(H,25,29)(H,26,28). The van der Waals surface area contributed by atoms with Crippen LogP contribution in [0.25, 0.3) is 0 Å². The van der Waals surface area contributed by atoms with Crippen LogP contribution >= 0.6 is 0 Å². The molecule has 2 N–H and O–H groups in total. The third-order valence-electron chi connectivity index (χ3n) is 6.47. The predicted octanol–water partition coefficient (Wildman–Crippen LogP) is 3.52. The Balaban J connectivity index is 1.48. The first-order valence-corrected chi connectivity index (χ1v) is 11.3. The summed E-state index contributed by atoms with van der Waals surface area (Å²) in [6, 6.07) is 7.14. The molecule has 160 valence electrons. The molecule has 2 aliphatic rings. The van der Waals surface area contributed by atoms with Gasteiger partial charge in [0.25, 0.3) is 5.91 Å². The fourth-order valence-electron chi connectivity index (χ4n) is 4.57. The molecule has 2 fully saturated rings. The molecular weight excluding hydrogens is 362 g/mol. The Morgan fingerprint density at radius 1 is 1.03 bits per heavy atom. The van der Waals surface area contributed by atoms with Gasteiger partial charge < -0.3 is 15.5 Å². The lowest BCUT2D eigenvalue weighted by molar-refractivity contribution is -0.125. The molecule has 0 radical (unpaired) electrons. The largest absolute Gasteiger partial charge is 0.351 e. The van der Waals surface area contributed by atoms with Crippen molar-refractivity contribution in [3.8, 4) is 0 Å². The minimum Gasteiger partial charge on any atom is -0.351 e. The summed E-state index contributed by atoms with van der Waals surface area (Å²) < 4.78 is 0. The highest BCUT2D eigenvalue weighted by molar-refractivity contribution is 5.97. The molecule has 1 aromatic rings. The molecule has 1 saturated carbocycles. The molecule has 5 nitrogen and oxygen atoms in total. The summed E-state index contributed by atoms with van der Waals surface area (Å²) in [4.78, 5) is 28.0. The van der Waals surface area contributed by atoms with Crippen LogP contribution in [0, 0.1) is 18.8 Å². The number of piperidine rings is 1. The molecule has 1 unspecified atom stereocenters. The van der Waals surface area contributed by atoms with Crippen molar-refractivity contribution < 1.29 is 9.59 Å². The second kappa shape index (κ2) is 10.2. The van der Waals surface area contributed by atoms with Gasteiger partial charge in [-0.2, -0.15) is 0 Å². The van der Waals surface area contributed by atoms with Crippen LogP contribution in [0.4, 0.5) is 0 Å². The lowest BCUT2D eigenvalue weighted by Gasteiger charge is -2.34. The van der Waals surface area contributed by atoms with Crippen LogP contribution in [0.3, 0.4) is 0 Å². The van der Waals surface area contributed by atoms with Crippen molar-refractivity contribution in [2.24, 2.45) is 11.8 Å². The average molecular weight is 400 g/mol. The van der Waals surface area contributed by atoms with Crippen molar-refractivity contribution in [3.63, 3.8) is 0 Å². The number of carbonyl (C=O) groups is 2. The van der Waals surface area contributed by atoms with E-state index in [1.54, 1.807) is 12.1 Å². The van der Waals surface area contributed by atoms with Gasteiger partial charge in [0.1, 0.15) is 6.04 Å². The Kier molecular flexibility index (Phi) is 7.70. The maximum atomic E-state index is 12.9. The van der Waals surface area contributed by atoms with Crippen molar-refractivity contribution in [1.29, 1.82) is 0 Å². The van der Waals surface area contributed by atoms with Crippen LogP contribution < -0.4 is 10.6 Å². The number of aryl methyl sites for hydroxylation is 1. The molecule has 2 amide bonds. The van der Waals surface area contributed by atoms with Crippen molar-refractivity contribution in [1.82, 2.24) is 15.5 Å². The zero-order valence-electron chi connectivity index (χ0n) is 18.2. The monoisotopic (exact) mass is 399 g/mol. The van der Waals surface area contributed by atoms with E-state index < -0.39 is 6.04 Å². The lowest BCUT2D eigenvalue weighted by atomic mass is 9.99. The molecule has 5 heteroatoms. The van der Waals surface area contributed by atoms with Gasteiger partial charge in [-0.3, -0.25) is 9.59 Å². The summed E-state index contributed by atoms with van der Waals surface area (Å²) in [6.07, 6.45) is 7.54.